The van der Waals surface area contributed by atoms with E-state index in [4.69, 9.17) is 10.3 Å². The molecule has 3 heteroatoms. The van der Waals surface area contributed by atoms with Crippen LogP contribution in [0.15, 0.2) is 47.0 Å². The summed E-state index contributed by atoms with van der Waals surface area (Å²) in [6, 6.07) is 13.7. The van der Waals surface area contributed by atoms with Crippen LogP contribution in [0.5, 0.6) is 0 Å². The zero-order chi connectivity index (χ0) is 11.8. The van der Waals surface area contributed by atoms with Crippen molar-refractivity contribution in [3.63, 3.8) is 0 Å². The smallest absolute Gasteiger partial charge is 0.167 e. The lowest BCUT2D eigenvalue weighted by Crippen LogP contribution is -1.84. The predicted octanol–water partition coefficient (Wildman–Crippen LogP) is 3.39. The first-order chi connectivity index (χ1) is 8.24. The normalized spacial score (nSPS) is 10.9. The van der Waals surface area contributed by atoms with Crippen LogP contribution in [0.3, 0.4) is 0 Å². The molecule has 0 fully saturated rings. The van der Waals surface area contributed by atoms with Gasteiger partial charge < -0.3 is 10.3 Å². The van der Waals surface area contributed by atoms with Crippen LogP contribution in [0.25, 0.3) is 22.2 Å². The first kappa shape index (κ1) is 9.90. The highest BCUT2D eigenvalue weighted by Gasteiger charge is 2.09. The summed E-state index contributed by atoms with van der Waals surface area (Å²) in [7, 11) is 0. The van der Waals surface area contributed by atoms with Gasteiger partial charge in [0.05, 0.1) is 0 Å². The number of rotatable bonds is 1. The Morgan fingerprint density at radius 3 is 2.59 bits per heavy atom. The van der Waals surface area contributed by atoms with E-state index in [-0.39, 0.29) is 0 Å². The number of nitrogens with two attached hydrogens (primary N) is 1. The Labute approximate surface area is 98.8 Å². The second-order valence-electron chi connectivity index (χ2n) is 4.15. The van der Waals surface area contributed by atoms with Gasteiger partial charge in [-0.25, -0.2) is 0 Å². The molecule has 17 heavy (non-hydrogen) atoms. The monoisotopic (exact) mass is 224 g/mol. The highest BCUT2D eigenvalue weighted by molar-refractivity contribution is 5.92. The average molecular weight is 224 g/mol. The Bertz CT molecular complexity index is 668. The lowest BCUT2D eigenvalue weighted by Gasteiger charge is -1.98. The van der Waals surface area contributed by atoms with Crippen molar-refractivity contribution in [2.45, 2.75) is 6.92 Å². The van der Waals surface area contributed by atoms with Gasteiger partial charge in [-0.3, -0.25) is 0 Å². The lowest BCUT2D eigenvalue weighted by atomic mass is 10.1. The van der Waals surface area contributed by atoms with Gasteiger partial charge >= 0.3 is 0 Å². The van der Waals surface area contributed by atoms with Crippen molar-refractivity contribution in [1.82, 2.24) is 5.16 Å². The second-order valence-corrected chi connectivity index (χ2v) is 4.15. The molecule has 0 aliphatic rings. The van der Waals surface area contributed by atoms with Crippen molar-refractivity contribution in [1.29, 1.82) is 0 Å². The molecule has 0 aliphatic heterocycles. The van der Waals surface area contributed by atoms with Gasteiger partial charge in [0, 0.05) is 16.6 Å². The van der Waals surface area contributed by atoms with Crippen LogP contribution >= 0.6 is 0 Å². The minimum absolute atomic E-state index is 0.748. The molecule has 0 amide bonds. The molecule has 0 bridgehead atoms. The molecule has 0 saturated carbocycles. The molecule has 0 spiro atoms. The molecule has 1 heterocycles. The summed E-state index contributed by atoms with van der Waals surface area (Å²) in [4.78, 5) is 0. The van der Waals surface area contributed by atoms with Gasteiger partial charge in [0.25, 0.3) is 0 Å². The minimum Gasteiger partial charge on any atom is -0.399 e. The SMILES string of the molecule is Cc1ccc2onc(-c3ccc(N)cc3)c2c1. The van der Waals surface area contributed by atoms with Crippen molar-refractivity contribution in [3.8, 4) is 11.3 Å². The highest BCUT2D eigenvalue weighted by Crippen LogP contribution is 2.28. The van der Waals surface area contributed by atoms with Gasteiger partial charge in [-0.05, 0) is 31.2 Å². The summed E-state index contributed by atoms with van der Waals surface area (Å²) in [5, 5.41) is 5.16. The van der Waals surface area contributed by atoms with E-state index in [1.165, 1.54) is 5.56 Å². The lowest BCUT2D eigenvalue weighted by molar-refractivity contribution is 0.459. The first-order valence-electron chi connectivity index (χ1n) is 5.46. The first-order valence-corrected chi connectivity index (χ1v) is 5.46. The molecule has 0 radical (unpaired) electrons. The van der Waals surface area contributed by atoms with Crippen molar-refractivity contribution in [2.75, 3.05) is 5.73 Å². The highest BCUT2D eigenvalue weighted by atomic mass is 16.5. The van der Waals surface area contributed by atoms with E-state index in [1.807, 2.05) is 36.4 Å². The number of nitrogen functional groups attached to an aromatic ring is 1. The third-order valence-electron chi connectivity index (χ3n) is 2.81. The van der Waals surface area contributed by atoms with Crippen molar-refractivity contribution in [3.05, 3.63) is 48.0 Å². The molecule has 3 aromatic rings. The van der Waals surface area contributed by atoms with Gasteiger partial charge in [0.2, 0.25) is 0 Å². The van der Waals surface area contributed by atoms with E-state index in [0.29, 0.717) is 0 Å². The standard InChI is InChI=1S/C14H12N2O/c1-9-2-7-13-12(8-9)14(16-17-13)10-3-5-11(15)6-4-10/h2-8H,15H2,1H3. The van der Waals surface area contributed by atoms with E-state index in [9.17, 15) is 0 Å². The quantitative estimate of drug-likeness (QED) is 0.644. The van der Waals surface area contributed by atoms with E-state index in [2.05, 4.69) is 18.1 Å². The number of nitrogens with zero attached hydrogens (tertiary/aromatic N) is 1. The summed E-state index contributed by atoms with van der Waals surface area (Å²) >= 11 is 0. The van der Waals surface area contributed by atoms with Crippen molar-refractivity contribution >= 4 is 16.7 Å². The fourth-order valence-corrected chi connectivity index (χ4v) is 1.90. The number of anilines is 1. The Balaban J connectivity index is 2.23. The van der Waals surface area contributed by atoms with Gasteiger partial charge in [-0.2, -0.15) is 0 Å². The summed E-state index contributed by atoms with van der Waals surface area (Å²) in [6.07, 6.45) is 0. The van der Waals surface area contributed by atoms with Crippen LogP contribution in [0.2, 0.25) is 0 Å². The van der Waals surface area contributed by atoms with Gasteiger partial charge in [-0.15, -0.1) is 0 Å². The summed E-state index contributed by atoms with van der Waals surface area (Å²) < 4.78 is 5.31. The Hall–Kier alpha value is -2.29. The van der Waals surface area contributed by atoms with E-state index in [0.717, 1.165) is 27.9 Å². The molecular weight excluding hydrogens is 212 g/mol. The molecule has 3 rings (SSSR count). The number of hydrogen-bond donors (Lipinski definition) is 1. The second kappa shape index (κ2) is 3.63. The Morgan fingerprint density at radius 1 is 1.06 bits per heavy atom. The van der Waals surface area contributed by atoms with Gasteiger partial charge in [0.1, 0.15) is 5.69 Å². The topological polar surface area (TPSA) is 52.0 Å². The van der Waals surface area contributed by atoms with Gasteiger partial charge in [-0.1, -0.05) is 28.9 Å². The number of aromatic nitrogens is 1. The van der Waals surface area contributed by atoms with Crippen LogP contribution in [0.1, 0.15) is 5.56 Å². The Morgan fingerprint density at radius 2 is 1.82 bits per heavy atom. The minimum atomic E-state index is 0.748. The van der Waals surface area contributed by atoms with E-state index < -0.39 is 0 Å². The van der Waals surface area contributed by atoms with Crippen LogP contribution in [0.4, 0.5) is 5.69 Å². The largest absolute Gasteiger partial charge is 0.399 e. The number of fused-ring (bicyclic) bond motifs is 1. The Kier molecular flexibility index (Phi) is 2.11. The van der Waals surface area contributed by atoms with Crippen molar-refractivity contribution < 1.29 is 4.52 Å². The number of benzene rings is 2. The zero-order valence-corrected chi connectivity index (χ0v) is 9.47. The maximum Gasteiger partial charge on any atom is 0.167 e. The molecule has 0 aliphatic carbocycles. The fraction of sp³-hybridized carbons (Fsp3) is 0.0714. The van der Waals surface area contributed by atoms with Crippen LogP contribution in [0, 0.1) is 6.92 Å². The third kappa shape index (κ3) is 1.65. The molecule has 3 nitrogen and oxygen atoms in total. The predicted molar refractivity (Wildman–Crippen MR) is 68.6 cm³/mol. The summed E-state index contributed by atoms with van der Waals surface area (Å²) in [6.45, 7) is 2.05. The molecule has 2 aromatic carbocycles. The summed E-state index contributed by atoms with van der Waals surface area (Å²) in [5.41, 5.74) is 10.3. The van der Waals surface area contributed by atoms with Crippen LogP contribution in [-0.4, -0.2) is 5.16 Å². The molecule has 0 saturated heterocycles. The average Bonchev–Trinajstić information content (AvgIpc) is 2.73. The maximum absolute atomic E-state index is 5.67. The molecular formula is C14H12N2O. The van der Waals surface area contributed by atoms with Crippen LogP contribution < -0.4 is 5.73 Å². The molecule has 84 valence electrons. The molecule has 0 atom stereocenters. The molecule has 1 aromatic heterocycles. The van der Waals surface area contributed by atoms with E-state index in [1.54, 1.807) is 0 Å². The fourth-order valence-electron chi connectivity index (χ4n) is 1.90. The number of aryl methyl sites for hydroxylation is 1. The maximum atomic E-state index is 5.67. The van der Waals surface area contributed by atoms with Gasteiger partial charge in [0.15, 0.2) is 5.58 Å². The molecule has 2 N–H and O–H groups in total. The summed E-state index contributed by atoms with van der Waals surface area (Å²) in [5.74, 6) is 0. The molecule has 0 unspecified atom stereocenters. The number of hydrogen-bond acceptors (Lipinski definition) is 3. The van der Waals surface area contributed by atoms with E-state index >= 15 is 0 Å². The zero-order valence-electron chi connectivity index (χ0n) is 9.47. The van der Waals surface area contributed by atoms with Crippen molar-refractivity contribution in [2.24, 2.45) is 0 Å². The van der Waals surface area contributed by atoms with Crippen LogP contribution in [-0.2, 0) is 0 Å². The third-order valence-corrected chi connectivity index (χ3v) is 2.81.